The summed E-state index contributed by atoms with van der Waals surface area (Å²) >= 11 is 0. The fraction of sp³-hybridized carbons (Fsp3) is 0.471. The molecule has 0 aliphatic carbocycles. The molecule has 144 valence electrons. The molecular formula is C17H27IN6O2. The summed E-state index contributed by atoms with van der Waals surface area (Å²) in [5, 5.41) is 11.5. The van der Waals surface area contributed by atoms with Crippen molar-refractivity contribution < 1.29 is 9.47 Å². The summed E-state index contributed by atoms with van der Waals surface area (Å²) in [6.07, 6.45) is 0. The largest absolute Gasteiger partial charge is 0.497 e. The van der Waals surface area contributed by atoms with E-state index in [1.165, 1.54) is 0 Å². The molecular weight excluding hydrogens is 447 g/mol. The number of nitrogens with one attached hydrogen (secondary N) is 1. The van der Waals surface area contributed by atoms with Crippen LogP contribution < -0.4 is 14.8 Å². The van der Waals surface area contributed by atoms with Crippen molar-refractivity contribution in [1.29, 1.82) is 0 Å². The topological polar surface area (TPSA) is 76.8 Å². The Morgan fingerprint density at radius 2 is 1.88 bits per heavy atom. The van der Waals surface area contributed by atoms with E-state index in [9.17, 15) is 0 Å². The molecule has 0 fully saturated rings. The molecule has 9 heteroatoms. The Bertz CT molecular complexity index is 702. The van der Waals surface area contributed by atoms with Crippen molar-refractivity contribution in [2.24, 2.45) is 12.0 Å². The maximum absolute atomic E-state index is 5.75. The molecule has 0 aliphatic heterocycles. The van der Waals surface area contributed by atoms with Crippen LogP contribution in [0.3, 0.4) is 0 Å². The van der Waals surface area contributed by atoms with Crippen molar-refractivity contribution in [1.82, 2.24) is 25.0 Å². The molecule has 1 N–H and O–H groups in total. The van der Waals surface area contributed by atoms with Crippen LogP contribution >= 0.6 is 24.0 Å². The van der Waals surface area contributed by atoms with Gasteiger partial charge in [0, 0.05) is 21.1 Å². The van der Waals surface area contributed by atoms with Gasteiger partial charge in [-0.2, -0.15) is 0 Å². The highest BCUT2D eigenvalue weighted by molar-refractivity contribution is 14.0. The van der Waals surface area contributed by atoms with Gasteiger partial charge in [0.1, 0.15) is 23.9 Å². The lowest BCUT2D eigenvalue weighted by Gasteiger charge is -2.22. The number of rotatable bonds is 7. The van der Waals surface area contributed by atoms with Crippen LogP contribution in [0, 0.1) is 6.92 Å². The Morgan fingerprint density at radius 1 is 1.23 bits per heavy atom. The number of benzene rings is 1. The van der Waals surface area contributed by atoms with E-state index in [0.29, 0.717) is 19.7 Å². The minimum Gasteiger partial charge on any atom is -0.497 e. The van der Waals surface area contributed by atoms with Crippen molar-refractivity contribution in [3.05, 3.63) is 35.9 Å². The highest BCUT2D eigenvalue weighted by Crippen LogP contribution is 2.16. The third-order valence-electron chi connectivity index (χ3n) is 3.92. The Labute approximate surface area is 171 Å². The summed E-state index contributed by atoms with van der Waals surface area (Å²) in [4.78, 5) is 6.30. The number of nitrogens with zero attached hydrogens (tertiary/aromatic N) is 5. The molecule has 0 saturated heterocycles. The average Bonchev–Trinajstić information content (AvgIpc) is 2.95. The molecule has 0 radical (unpaired) electrons. The lowest BCUT2D eigenvalue weighted by molar-refractivity contribution is 0.281. The zero-order chi connectivity index (χ0) is 18.2. The van der Waals surface area contributed by atoms with Gasteiger partial charge in [-0.3, -0.25) is 4.99 Å². The van der Waals surface area contributed by atoms with E-state index in [4.69, 9.17) is 9.47 Å². The molecule has 0 aliphatic rings. The highest BCUT2D eigenvalue weighted by Gasteiger charge is 2.09. The van der Waals surface area contributed by atoms with Gasteiger partial charge in [-0.1, -0.05) is 0 Å². The summed E-state index contributed by atoms with van der Waals surface area (Å²) in [6, 6.07) is 7.54. The lowest BCUT2D eigenvalue weighted by Crippen LogP contribution is -2.40. The summed E-state index contributed by atoms with van der Waals surface area (Å²) in [6.45, 7) is 3.73. The summed E-state index contributed by atoms with van der Waals surface area (Å²) in [5.74, 6) is 4.15. The van der Waals surface area contributed by atoms with E-state index in [0.717, 1.165) is 29.1 Å². The molecule has 0 saturated carbocycles. The number of hydrogen-bond acceptors (Lipinski definition) is 5. The average molecular weight is 474 g/mol. The first-order chi connectivity index (χ1) is 12.0. The molecule has 0 spiro atoms. The number of halogens is 1. The van der Waals surface area contributed by atoms with Crippen molar-refractivity contribution in [2.45, 2.75) is 13.5 Å². The Morgan fingerprint density at radius 3 is 2.42 bits per heavy atom. The van der Waals surface area contributed by atoms with Crippen molar-refractivity contribution in [3.63, 3.8) is 0 Å². The molecule has 0 amide bonds. The van der Waals surface area contributed by atoms with Crippen molar-refractivity contribution >= 4 is 29.9 Å². The number of aromatic nitrogens is 3. The second-order valence-electron chi connectivity index (χ2n) is 5.57. The molecule has 26 heavy (non-hydrogen) atoms. The maximum Gasteiger partial charge on any atom is 0.193 e. The van der Waals surface area contributed by atoms with Gasteiger partial charge in [0.15, 0.2) is 11.8 Å². The molecule has 0 atom stereocenters. The Kier molecular flexibility index (Phi) is 9.17. The van der Waals surface area contributed by atoms with Crippen LogP contribution in [0.4, 0.5) is 0 Å². The first-order valence-corrected chi connectivity index (χ1v) is 8.08. The van der Waals surface area contributed by atoms with E-state index in [2.05, 4.69) is 20.5 Å². The van der Waals surface area contributed by atoms with Gasteiger partial charge in [-0.15, -0.1) is 34.2 Å². The monoisotopic (exact) mass is 474 g/mol. The second-order valence-corrected chi connectivity index (χ2v) is 5.57. The minimum atomic E-state index is 0. The van der Waals surface area contributed by atoms with Crippen molar-refractivity contribution in [2.75, 3.05) is 34.4 Å². The third kappa shape index (κ3) is 6.04. The van der Waals surface area contributed by atoms with Crippen LogP contribution in [0.25, 0.3) is 0 Å². The number of aliphatic imine (C=N–C) groups is 1. The standard InChI is InChI=1S/C17H26N6O2.HI/c1-13-20-21-16(23(13)4)12-19-17(18-2)22(3)10-11-25-15-8-6-14(24-5)7-9-15;/h6-9H,10-12H2,1-5H3,(H,18,19);1H. The summed E-state index contributed by atoms with van der Waals surface area (Å²) < 4.78 is 12.8. The minimum absolute atomic E-state index is 0. The van der Waals surface area contributed by atoms with E-state index in [-0.39, 0.29) is 24.0 Å². The lowest BCUT2D eigenvalue weighted by atomic mass is 10.3. The number of ether oxygens (including phenoxy) is 2. The predicted octanol–water partition coefficient (Wildman–Crippen LogP) is 1.84. The van der Waals surface area contributed by atoms with Crippen LogP contribution in [0.15, 0.2) is 29.3 Å². The number of aryl methyl sites for hydroxylation is 1. The van der Waals surface area contributed by atoms with Crippen molar-refractivity contribution in [3.8, 4) is 11.5 Å². The predicted molar refractivity (Wildman–Crippen MR) is 112 cm³/mol. The molecule has 2 aromatic rings. The quantitative estimate of drug-likeness (QED) is 0.375. The van der Waals surface area contributed by atoms with E-state index >= 15 is 0 Å². The number of methoxy groups -OCH3 is 1. The zero-order valence-corrected chi connectivity index (χ0v) is 18.2. The fourth-order valence-corrected chi connectivity index (χ4v) is 2.23. The van der Waals surface area contributed by atoms with Gasteiger partial charge in [-0.05, 0) is 31.2 Å². The van der Waals surface area contributed by atoms with E-state index in [1.807, 2.05) is 54.8 Å². The fourth-order valence-electron chi connectivity index (χ4n) is 2.23. The van der Waals surface area contributed by atoms with Gasteiger partial charge in [-0.25, -0.2) is 0 Å². The first-order valence-electron chi connectivity index (χ1n) is 8.08. The van der Waals surface area contributed by atoms with Crippen LogP contribution in [-0.2, 0) is 13.6 Å². The van der Waals surface area contributed by atoms with Gasteiger partial charge in [0.25, 0.3) is 0 Å². The molecule has 2 rings (SSSR count). The zero-order valence-electron chi connectivity index (χ0n) is 15.9. The molecule has 1 aromatic heterocycles. The van der Waals surface area contributed by atoms with E-state index in [1.54, 1.807) is 14.2 Å². The van der Waals surface area contributed by atoms with Gasteiger partial charge in [0.05, 0.1) is 20.2 Å². The number of likely N-dealkylation sites (N-methyl/N-ethyl adjacent to an activating group) is 1. The van der Waals surface area contributed by atoms with Gasteiger partial charge >= 0.3 is 0 Å². The van der Waals surface area contributed by atoms with Gasteiger partial charge < -0.3 is 24.3 Å². The molecule has 1 heterocycles. The number of hydrogen-bond donors (Lipinski definition) is 1. The van der Waals surface area contributed by atoms with Crippen LogP contribution in [0.1, 0.15) is 11.6 Å². The molecule has 0 bridgehead atoms. The molecule has 0 unspecified atom stereocenters. The third-order valence-corrected chi connectivity index (χ3v) is 3.92. The molecule has 1 aromatic carbocycles. The van der Waals surface area contributed by atoms with Gasteiger partial charge in [0.2, 0.25) is 0 Å². The van der Waals surface area contributed by atoms with Crippen LogP contribution in [0.5, 0.6) is 11.5 Å². The summed E-state index contributed by atoms with van der Waals surface area (Å²) in [5.41, 5.74) is 0. The van der Waals surface area contributed by atoms with Crippen LogP contribution in [0.2, 0.25) is 0 Å². The normalized spacial score (nSPS) is 10.9. The number of guanidine groups is 1. The second kappa shape index (κ2) is 10.8. The Hall–Kier alpha value is -2.04. The molecule has 8 nitrogen and oxygen atoms in total. The maximum atomic E-state index is 5.75. The van der Waals surface area contributed by atoms with Crippen LogP contribution in [-0.4, -0.2) is 60.0 Å². The highest BCUT2D eigenvalue weighted by atomic mass is 127. The first kappa shape index (κ1) is 22.0. The SMILES string of the molecule is CN=C(NCc1nnc(C)n1C)N(C)CCOc1ccc(OC)cc1.I. The summed E-state index contributed by atoms with van der Waals surface area (Å²) in [7, 11) is 7.31. The van der Waals surface area contributed by atoms with E-state index < -0.39 is 0 Å². The smallest absolute Gasteiger partial charge is 0.193 e. The Balaban J connectivity index is 0.00000338.